The topological polar surface area (TPSA) is 95.5 Å². The van der Waals surface area contributed by atoms with Gasteiger partial charge in [0.1, 0.15) is 22.8 Å². The van der Waals surface area contributed by atoms with Crippen molar-refractivity contribution in [1.82, 2.24) is 14.8 Å². The summed E-state index contributed by atoms with van der Waals surface area (Å²) in [5, 5.41) is 0. The Morgan fingerprint density at radius 3 is 2.05 bits per heavy atom. The van der Waals surface area contributed by atoms with Crippen LogP contribution >= 0.6 is 0 Å². The molecule has 204 valence electrons. The summed E-state index contributed by atoms with van der Waals surface area (Å²) < 4.78 is 11.2. The predicted octanol–water partition coefficient (Wildman–Crippen LogP) is 4.41. The monoisotopic (exact) mass is 515 g/mol. The van der Waals surface area contributed by atoms with E-state index in [0.29, 0.717) is 30.3 Å². The maximum Gasteiger partial charge on any atom is 0.417 e. The summed E-state index contributed by atoms with van der Waals surface area (Å²) in [4.78, 5) is 51.5. The molecule has 10 nitrogen and oxygen atoms in total. The minimum Gasteiger partial charge on any atom is -0.444 e. The molecule has 3 aliphatic heterocycles. The van der Waals surface area contributed by atoms with Gasteiger partial charge in [0.15, 0.2) is 0 Å². The normalized spacial score (nSPS) is 21.5. The van der Waals surface area contributed by atoms with Crippen molar-refractivity contribution >= 4 is 29.7 Å². The number of rotatable bonds is 3. The second-order valence-electron chi connectivity index (χ2n) is 12.6. The minimum absolute atomic E-state index is 0.00315. The lowest BCUT2D eigenvalue weighted by atomic mass is 10.1. The molecule has 0 saturated carbocycles. The molecule has 0 spiro atoms. The lowest BCUT2D eigenvalue weighted by Crippen LogP contribution is -2.57. The molecular weight excluding hydrogens is 474 g/mol. The summed E-state index contributed by atoms with van der Waals surface area (Å²) >= 11 is 0. The van der Waals surface area contributed by atoms with E-state index in [-0.39, 0.29) is 36.7 Å². The molecule has 2 bridgehead atoms. The Bertz CT molecular complexity index is 1080. The van der Waals surface area contributed by atoms with Crippen LogP contribution < -0.4 is 9.80 Å². The number of carbonyl (C=O) groups is 3. The molecule has 1 aromatic rings. The molecule has 2 saturated heterocycles. The summed E-state index contributed by atoms with van der Waals surface area (Å²) in [6.07, 6.45) is 0.833. The van der Waals surface area contributed by atoms with Crippen molar-refractivity contribution in [2.75, 3.05) is 29.9 Å². The van der Waals surface area contributed by atoms with Crippen LogP contribution in [0.4, 0.5) is 21.2 Å². The van der Waals surface area contributed by atoms with E-state index in [4.69, 9.17) is 14.5 Å². The van der Waals surface area contributed by atoms with E-state index in [1.165, 1.54) is 0 Å². The zero-order chi connectivity index (χ0) is 27.4. The molecule has 0 N–H and O–H groups in total. The molecule has 4 rings (SSSR count). The molecule has 37 heavy (non-hydrogen) atoms. The van der Waals surface area contributed by atoms with Crippen LogP contribution in [0.1, 0.15) is 84.2 Å². The second kappa shape index (κ2) is 9.36. The number of hydrogen-bond acceptors (Lipinski definition) is 8. The second-order valence-corrected chi connectivity index (χ2v) is 12.6. The fraction of sp³-hybridized carbons (Fsp3) is 0.704. The lowest BCUT2D eigenvalue weighted by molar-refractivity contribution is 0.0120. The molecule has 0 aliphatic carbocycles. The van der Waals surface area contributed by atoms with Crippen molar-refractivity contribution in [2.24, 2.45) is 0 Å². The fourth-order valence-corrected chi connectivity index (χ4v) is 5.13. The van der Waals surface area contributed by atoms with Gasteiger partial charge >= 0.3 is 12.2 Å². The number of anilines is 2. The first kappa shape index (κ1) is 27.0. The fourth-order valence-electron chi connectivity index (χ4n) is 5.13. The largest absolute Gasteiger partial charge is 0.444 e. The highest BCUT2D eigenvalue weighted by Crippen LogP contribution is 2.39. The SMILES string of the molecule is CC(C)N(C)c1cc2c(c(N3CC4CCC(C3)N4C(=O)OC(C)(C)C)n1)CN(C(=O)OC(C)(C)C)C2=O. The van der Waals surface area contributed by atoms with Crippen molar-refractivity contribution in [3.05, 3.63) is 17.2 Å². The summed E-state index contributed by atoms with van der Waals surface area (Å²) in [5.41, 5.74) is -0.0767. The number of carbonyl (C=O) groups excluding carboxylic acids is 3. The third-order valence-corrected chi connectivity index (χ3v) is 7.02. The Hall–Kier alpha value is -3.04. The zero-order valence-corrected chi connectivity index (χ0v) is 23.6. The number of nitrogens with zero attached hydrogens (tertiary/aromatic N) is 5. The van der Waals surface area contributed by atoms with Gasteiger partial charge in [-0.3, -0.25) is 9.69 Å². The molecule has 2 fully saturated rings. The van der Waals surface area contributed by atoms with Crippen LogP contribution in [-0.4, -0.2) is 82.3 Å². The standard InChI is InChI=1S/C27H41N5O5/c1-16(2)29(9)21-12-19-20(15-31(23(19)33)24(34)36-26(3,4)5)22(28-21)30-13-17-10-11-18(14-30)32(17)25(35)37-27(6,7)8/h12,16-18H,10-11,13-15H2,1-9H3. The molecule has 3 amide bonds. The number of fused-ring (bicyclic) bond motifs is 3. The molecule has 10 heteroatoms. The highest BCUT2D eigenvalue weighted by atomic mass is 16.6. The maximum absolute atomic E-state index is 13.4. The van der Waals surface area contributed by atoms with E-state index in [1.807, 2.05) is 37.6 Å². The summed E-state index contributed by atoms with van der Waals surface area (Å²) in [7, 11) is 1.94. The minimum atomic E-state index is -0.715. The first-order valence-corrected chi connectivity index (χ1v) is 13.1. The molecular formula is C27H41N5O5. The van der Waals surface area contributed by atoms with Gasteiger partial charge in [-0.05, 0) is 74.3 Å². The van der Waals surface area contributed by atoms with Gasteiger partial charge in [0, 0.05) is 31.7 Å². The van der Waals surface area contributed by atoms with Gasteiger partial charge in [0.25, 0.3) is 5.91 Å². The molecule has 0 aromatic carbocycles. The summed E-state index contributed by atoms with van der Waals surface area (Å²) in [5.74, 6) is 0.992. The Morgan fingerprint density at radius 2 is 1.54 bits per heavy atom. The molecule has 2 unspecified atom stereocenters. The maximum atomic E-state index is 13.4. The molecule has 0 radical (unpaired) electrons. The highest BCUT2D eigenvalue weighted by Gasteiger charge is 2.46. The predicted molar refractivity (Wildman–Crippen MR) is 141 cm³/mol. The van der Waals surface area contributed by atoms with Crippen molar-refractivity contribution in [1.29, 1.82) is 0 Å². The smallest absolute Gasteiger partial charge is 0.417 e. The number of imide groups is 1. The first-order valence-electron chi connectivity index (χ1n) is 13.1. The number of piperazine rings is 1. The van der Waals surface area contributed by atoms with Crippen LogP contribution in [-0.2, 0) is 16.0 Å². The number of aromatic nitrogens is 1. The van der Waals surface area contributed by atoms with Crippen molar-refractivity contribution in [3.8, 4) is 0 Å². The number of amides is 3. The highest BCUT2D eigenvalue weighted by molar-refractivity contribution is 6.08. The van der Waals surface area contributed by atoms with Gasteiger partial charge in [0.05, 0.1) is 24.2 Å². The number of pyridine rings is 1. The molecule has 2 atom stereocenters. The molecule has 1 aromatic heterocycles. The third-order valence-electron chi connectivity index (χ3n) is 7.02. The average molecular weight is 516 g/mol. The van der Waals surface area contributed by atoms with Crippen LogP contribution in [0.25, 0.3) is 0 Å². The van der Waals surface area contributed by atoms with Gasteiger partial charge in [0.2, 0.25) is 0 Å². The van der Waals surface area contributed by atoms with E-state index < -0.39 is 17.3 Å². The Kier molecular flexibility index (Phi) is 6.84. The molecule has 3 aliphatic rings. The Labute approximate surface area is 219 Å². The Balaban J connectivity index is 1.67. The van der Waals surface area contributed by atoms with Gasteiger partial charge < -0.3 is 19.3 Å². The van der Waals surface area contributed by atoms with Crippen LogP contribution in [0.15, 0.2) is 6.07 Å². The number of ether oxygens (including phenoxy) is 2. The lowest BCUT2D eigenvalue weighted by Gasteiger charge is -2.42. The Morgan fingerprint density at radius 1 is 1.00 bits per heavy atom. The van der Waals surface area contributed by atoms with E-state index in [9.17, 15) is 14.4 Å². The van der Waals surface area contributed by atoms with Crippen LogP contribution in [0.3, 0.4) is 0 Å². The van der Waals surface area contributed by atoms with Crippen molar-refractivity contribution in [3.63, 3.8) is 0 Å². The van der Waals surface area contributed by atoms with E-state index >= 15 is 0 Å². The average Bonchev–Trinajstić information content (AvgIpc) is 3.23. The molecule has 4 heterocycles. The first-order chi connectivity index (χ1) is 17.1. The van der Waals surface area contributed by atoms with Crippen LogP contribution in [0.2, 0.25) is 0 Å². The van der Waals surface area contributed by atoms with E-state index in [2.05, 4.69) is 18.7 Å². The quantitative estimate of drug-likeness (QED) is 0.584. The zero-order valence-electron chi connectivity index (χ0n) is 23.6. The van der Waals surface area contributed by atoms with Gasteiger partial charge in [-0.25, -0.2) is 19.5 Å². The summed E-state index contributed by atoms with van der Waals surface area (Å²) in [6, 6.07) is 1.93. The van der Waals surface area contributed by atoms with Crippen LogP contribution in [0, 0.1) is 0 Å². The van der Waals surface area contributed by atoms with E-state index in [1.54, 1.807) is 26.8 Å². The van der Waals surface area contributed by atoms with E-state index in [0.717, 1.165) is 23.3 Å². The van der Waals surface area contributed by atoms with Gasteiger partial charge in [-0.1, -0.05) is 0 Å². The summed E-state index contributed by atoms with van der Waals surface area (Å²) in [6.45, 7) is 16.4. The van der Waals surface area contributed by atoms with Gasteiger partial charge in [-0.2, -0.15) is 0 Å². The van der Waals surface area contributed by atoms with Crippen LogP contribution in [0.5, 0.6) is 0 Å². The van der Waals surface area contributed by atoms with Crippen molar-refractivity contribution < 1.29 is 23.9 Å². The van der Waals surface area contributed by atoms with Crippen molar-refractivity contribution in [2.45, 2.75) is 104 Å². The third kappa shape index (κ3) is 5.48. The number of hydrogen-bond donors (Lipinski definition) is 0. The van der Waals surface area contributed by atoms with Gasteiger partial charge in [-0.15, -0.1) is 0 Å².